The summed E-state index contributed by atoms with van der Waals surface area (Å²) in [5.74, 6) is 0.0575. The molecule has 0 N–H and O–H groups in total. The van der Waals surface area contributed by atoms with E-state index in [-0.39, 0.29) is 11.3 Å². The van der Waals surface area contributed by atoms with Gasteiger partial charge in [0, 0.05) is 18.3 Å². The predicted molar refractivity (Wildman–Crippen MR) is 101 cm³/mol. The van der Waals surface area contributed by atoms with E-state index in [4.69, 9.17) is 0 Å². The minimum Gasteiger partial charge on any atom is -0.309 e. The number of aryl methyl sites for hydroxylation is 1. The van der Waals surface area contributed by atoms with E-state index in [0.717, 1.165) is 30.6 Å². The summed E-state index contributed by atoms with van der Waals surface area (Å²) in [5, 5.41) is 0. The molecule has 3 rings (SSSR count). The number of fused-ring (bicyclic) bond motifs is 1. The van der Waals surface area contributed by atoms with Crippen LogP contribution < -0.4 is 4.90 Å². The second-order valence-corrected chi connectivity index (χ2v) is 7.43. The van der Waals surface area contributed by atoms with E-state index in [2.05, 4.69) is 51.1 Å². The Hall–Kier alpha value is -2.35. The molecule has 0 unspecified atom stereocenters. The van der Waals surface area contributed by atoms with Crippen LogP contribution in [0.3, 0.4) is 0 Å². The molecule has 1 aliphatic heterocycles. The number of para-hydroxylation sites is 1. The molecular formula is C22H25NO. The predicted octanol–water partition coefficient (Wildman–Crippen LogP) is 4.98. The first kappa shape index (κ1) is 16.5. The molecule has 0 atom stereocenters. The lowest BCUT2D eigenvalue weighted by Crippen LogP contribution is -2.34. The SMILES string of the molecule is CC(C)(C)c1ccc(/C=C/C(=O)N2CCCc3ccccc32)cc1. The van der Waals surface area contributed by atoms with Crippen LogP contribution in [0.15, 0.2) is 54.6 Å². The van der Waals surface area contributed by atoms with Crippen LogP contribution >= 0.6 is 0 Å². The van der Waals surface area contributed by atoms with Crippen LogP contribution in [0.1, 0.15) is 43.9 Å². The smallest absolute Gasteiger partial charge is 0.250 e. The van der Waals surface area contributed by atoms with Crippen molar-refractivity contribution in [3.05, 3.63) is 71.3 Å². The summed E-state index contributed by atoms with van der Waals surface area (Å²) < 4.78 is 0. The second-order valence-electron chi connectivity index (χ2n) is 7.43. The summed E-state index contributed by atoms with van der Waals surface area (Å²) in [4.78, 5) is 14.5. The molecule has 0 fully saturated rings. The van der Waals surface area contributed by atoms with E-state index in [1.807, 2.05) is 29.2 Å². The fourth-order valence-corrected chi connectivity index (χ4v) is 3.11. The molecule has 0 spiro atoms. The minimum atomic E-state index is 0.0575. The van der Waals surface area contributed by atoms with Crippen molar-refractivity contribution in [1.82, 2.24) is 0 Å². The highest BCUT2D eigenvalue weighted by atomic mass is 16.2. The molecule has 0 saturated heterocycles. The Morgan fingerprint density at radius 2 is 1.75 bits per heavy atom. The fourth-order valence-electron chi connectivity index (χ4n) is 3.11. The Kier molecular flexibility index (Phi) is 4.57. The van der Waals surface area contributed by atoms with Gasteiger partial charge in [0.25, 0.3) is 5.91 Å². The van der Waals surface area contributed by atoms with Gasteiger partial charge in [-0.1, -0.05) is 63.2 Å². The second kappa shape index (κ2) is 6.64. The van der Waals surface area contributed by atoms with Crippen LogP contribution in [0.5, 0.6) is 0 Å². The van der Waals surface area contributed by atoms with Crippen LogP contribution in [0.25, 0.3) is 6.08 Å². The van der Waals surface area contributed by atoms with Gasteiger partial charge in [0.1, 0.15) is 0 Å². The van der Waals surface area contributed by atoms with E-state index < -0.39 is 0 Å². The third kappa shape index (κ3) is 3.59. The van der Waals surface area contributed by atoms with Gasteiger partial charge in [0.15, 0.2) is 0 Å². The zero-order valence-corrected chi connectivity index (χ0v) is 14.8. The maximum atomic E-state index is 12.6. The fraction of sp³-hybridized carbons (Fsp3) is 0.318. The van der Waals surface area contributed by atoms with Gasteiger partial charge in [-0.15, -0.1) is 0 Å². The summed E-state index contributed by atoms with van der Waals surface area (Å²) >= 11 is 0. The van der Waals surface area contributed by atoms with E-state index in [1.54, 1.807) is 6.08 Å². The molecule has 0 saturated carbocycles. The Labute approximate surface area is 144 Å². The standard InChI is InChI=1S/C22H25NO/c1-22(2,3)19-13-10-17(11-14-19)12-15-21(24)23-16-6-8-18-7-4-5-9-20(18)23/h4-5,7,9-15H,6,8,16H2,1-3H3/b15-12+. The number of carbonyl (C=O) groups excluding carboxylic acids is 1. The normalized spacial score (nSPS) is 14.7. The lowest BCUT2D eigenvalue weighted by molar-refractivity contribution is -0.114. The van der Waals surface area contributed by atoms with Gasteiger partial charge in [0.05, 0.1) is 0 Å². The first-order valence-electron chi connectivity index (χ1n) is 8.63. The zero-order chi connectivity index (χ0) is 17.2. The Balaban J connectivity index is 1.75. The van der Waals surface area contributed by atoms with Crippen molar-refractivity contribution in [2.45, 2.75) is 39.0 Å². The highest BCUT2D eigenvalue weighted by Gasteiger charge is 2.20. The molecule has 2 aromatic rings. The largest absolute Gasteiger partial charge is 0.309 e. The summed E-state index contributed by atoms with van der Waals surface area (Å²) in [6.45, 7) is 7.41. The number of nitrogens with zero attached hydrogens (tertiary/aromatic N) is 1. The van der Waals surface area contributed by atoms with Gasteiger partial charge < -0.3 is 4.90 Å². The Morgan fingerprint density at radius 3 is 2.46 bits per heavy atom. The average molecular weight is 319 g/mol. The molecule has 1 heterocycles. The van der Waals surface area contributed by atoms with E-state index in [9.17, 15) is 4.79 Å². The number of amides is 1. The Morgan fingerprint density at radius 1 is 1.04 bits per heavy atom. The number of rotatable bonds is 2. The Bertz CT molecular complexity index is 750. The summed E-state index contributed by atoms with van der Waals surface area (Å²) in [6.07, 6.45) is 5.68. The molecule has 0 radical (unpaired) electrons. The summed E-state index contributed by atoms with van der Waals surface area (Å²) in [7, 11) is 0. The van der Waals surface area contributed by atoms with Crippen LogP contribution in [0.4, 0.5) is 5.69 Å². The first-order valence-corrected chi connectivity index (χ1v) is 8.63. The van der Waals surface area contributed by atoms with Gasteiger partial charge in [-0.2, -0.15) is 0 Å². The van der Waals surface area contributed by atoms with Gasteiger partial charge in [-0.3, -0.25) is 4.79 Å². The summed E-state index contributed by atoms with van der Waals surface area (Å²) in [5.41, 5.74) is 4.83. The van der Waals surface area contributed by atoms with Crippen LogP contribution in [0, 0.1) is 0 Å². The van der Waals surface area contributed by atoms with Crippen LogP contribution in [-0.2, 0) is 16.6 Å². The maximum Gasteiger partial charge on any atom is 0.250 e. The van der Waals surface area contributed by atoms with E-state index in [1.165, 1.54) is 11.1 Å². The van der Waals surface area contributed by atoms with Gasteiger partial charge >= 0.3 is 0 Å². The van der Waals surface area contributed by atoms with Crippen molar-refractivity contribution in [3.8, 4) is 0 Å². The quantitative estimate of drug-likeness (QED) is 0.715. The number of carbonyl (C=O) groups is 1. The number of hydrogen-bond donors (Lipinski definition) is 0. The van der Waals surface area contributed by atoms with Crippen molar-refractivity contribution in [1.29, 1.82) is 0 Å². The summed E-state index contributed by atoms with van der Waals surface area (Å²) in [6, 6.07) is 16.6. The third-order valence-electron chi connectivity index (χ3n) is 4.57. The first-order chi connectivity index (χ1) is 11.4. The lowest BCUT2D eigenvalue weighted by atomic mass is 9.87. The topological polar surface area (TPSA) is 20.3 Å². The molecule has 2 nitrogen and oxygen atoms in total. The monoisotopic (exact) mass is 319 g/mol. The van der Waals surface area contributed by atoms with E-state index >= 15 is 0 Å². The molecule has 1 amide bonds. The minimum absolute atomic E-state index is 0.0575. The maximum absolute atomic E-state index is 12.6. The molecule has 2 aromatic carbocycles. The van der Waals surface area contributed by atoms with Crippen molar-refractivity contribution in [3.63, 3.8) is 0 Å². The molecule has 2 heteroatoms. The number of anilines is 1. The highest BCUT2D eigenvalue weighted by Crippen LogP contribution is 2.27. The average Bonchev–Trinajstić information content (AvgIpc) is 2.59. The van der Waals surface area contributed by atoms with Gasteiger partial charge in [-0.05, 0) is 47.1 Å². The van der Waals surface area contributed by atoms with Crippen LogP contribution in [0.2, 0.25) is 0 Å². The van der Waals surface area contributed by atoms with Crippen LogP contribution in [-0.4, -0.2) is 12.5 Å². The van der Waals surface area contributed by atoms with Crippen molar-refractivity contribution >= 4 is 17.7 Å². The van der Waals surface area contributed by atoms with Crippen molar-refractivity contribution in [2.24, 2.45) is 0 Å². The zero-order valence-electron chi connectivity index (χ0n) is 14.8. The van der Waals surface area contributed by atoms with Gasteiger partial charge in [-0.25, -0.2) is 0 Å². The van der Waals surface area contributed by atoms with Gasteiger partial charge in [0.2, 0.25) is 0 Å². The molecular weight excluding hydrogens is 294 g/mol. The third-order valence-corrected chi connectivity index (χ3v) is 4.57. The molecule has 0 aromatic heterocycles. The molecule has 1 aliphatic rings. The number of benzene rings is 2. The molecule has 0 aliphatic carbocycles. The number of hydrogen-bond acceptors (Lipinski definition) is 1. The lowest BCUT2D eigenvalue weighted by Gasteiger charge is -2.28. The highest BCUT2D eigenvalue weighted by molar-refractivity contribution is 6.04. The molecule has 0 bridgehead atoms. The molecule has 24 heavy (non-hydrogen) atoms. The van der Waals surface area contributed by atoms with E-state index in [0.29, 0.717) is 0 Å². The van der Waals surface area contributed by atoms with Crippen molar-refractivity contribution in [2.75, 3.05) is 11.4 Å². The van der Waals surface area contributed by atoms with Crippen molar-refractivity contribution < 1.29 is 4.79 Å². The molecule has 124 valence electrons.